The van der Waals surface area contributed by atoms with Crippen LogP contribution >= 0.6 is 0 Å². The van der Waals surface area contributed by atoms with Gasteiger partial charge in [-0.25, -0.2) is 9.67 Å². The van der Waals surface area contributed by atoms with Crippen LogP contribution in [0, 0.1) is 5.92 Å². The Morgan fingerprint density at radius 2 is 1.77 bits per heavy atom. The Morgan fingerprint density at radius 3 is 2.50 bits per heavy atom. The van der Waals surface area contributed by atoms with Crippen LogP contribution in [0.15, 0.2) is 18.2 Å². The molecule has 1 aromatic carbocycles. The number of hydrogen-bond acceptors (Lipinski definition) is 8. The van der Waals surface area contributed by atoms with Crippen LogP contribution in [0.25, 0.3) is 0 Å². The van der Waals surface area contributed by atoms with Gasteiger partial charge >= 0.3 is 0 Å². The number of fused-ring (bicyclic) bond motifs is 1. The number of methoxy groups -OCH3 is 2. The topological polar surface area (TPSA) is 148 Å². The highest BCUT2D eigenvalue weighted by Crippen LogP contribution is 2.28. The first-order chi connectivity index (χ1) is 19.2. The molecule has 0 bridgehead atoms. The van der Waals surface area contributed by atoms with E-state index in [4.69, 9.17) is 14.5 Å². The molecule has 0 spiro atoms. The van der Waals surface area contributed by atoms with Crippen LogP contribution in [0.3, 0.4) is 0 Å². The number of ether oxygens (including phenoxy) is 2. The standard InChI is InChI=1S/C28H43N7O5/c1-6-18(2)26-28(38)31-19(3)27-32-23(16-20-10-11-21(39-4)22(15-20)40-5)34-35(27)17-25(37)30-14-8-13-29-12-7-9-24(36)33-26/h10-11,15,18-19,26,29H,6-9,12-14,16-17H2,1-5H3,(H,30,37)(H,31,38)(H,33,36)/t18-,19+,26-/m0/s1. The number of rotatable bonds is 6. The van der Waals surface area contributed by atoms with E-state index in [2.05, 4.69) is 26.4 Å². The summed E-state index contributed by atoms with van der Waals surface area (Å²) in [6.45, 7) is 7.61. The average Bonchev–Trinajstić information content (AvgIpc) is 3.33. The SMILES string of the molecule is CC[C@H](C)[C@@H]1NC(=O)CCCNCCCNC(=O)Cn2nc(Cc3ccc(OC)c(OC)c3)nc2[C@@H](C)NC1=O. The molecule has 0 saturated carbocycles. The molecule has 0 unspecified atom stereocenters. The van der Waals surface area contributed by atoms with Crippen molar-refractivity contribution in [3.8, 4) is 11.5 Å². The number of nitrogens with one attached hydrogen (secondary N) is 4. The van der Waals surface area contributed by atoms with Crippen molar-refractivity contribution in [2.75, 3.05) is 33.9 Å². The molecule has 12 heteroatoms. The van der Waals surface area contributed by atoms with Gasteiger partial charge in [0.2, 0.25) is 17.7 Å². The zero-order chi connectivity index (χ0) is 29.1. The van der Waals surface area contributed by atoms with Gasteiger partial charge in [-0.15, -0.1) is 0 Å². The molecule has 40 heavy (non-hydrogen) atoms. The summed E-state index contributed by atoms with van der Waals surface area (Å²) in [5.41, 5.74) is 0.903. The highest BCUT2D eigenvalue weighted by atomic mass is 16.5. The third-order valence-corrected chi connectivity index (χ3v) is 7.02. The van der Waals surface area contributed by atoms with E-state index in [1.54, 1.807) is 21.1 Å². The normalized spacial score (nSPS) is 20.7. The highest BCUT2D eigenvalue weighted by molar-refractivity contribution is 5.88. The van der Waals surface area contributed by atoms with Crippen molar-refractivity contribution in [2.45, 2.75) is 71.5 Å². The van der Waals surface area contributed by atoms with E-state index in [0.29, 0.717) is 55.5 Å². The summed E-state index contributed by atoms with van der Waals surface area (Å²) < 4.78 is 12.3. The Morgan fingerprint density at radius 1 is 1.02 bits per heavy atom. The molecule has 3 amide bonds. The fraction of sp³-hybridized carbons (Fsp3) is 0.607. The number of carbonyl (C=O) groups is 3. The Balaban J connectivity index is 1.89. The minimum absolute atomic E-state index is 0.0343. The molecular formula is C28H43N7O5. The molecule has 1 aromatic heterocycles. The second kappa shape index (κ2) is 15.2. The first-order valence-corrected chi connectivity index (χ1v) is 14.0. The third-order valence-electron chi connectivity index (χ3n) is 7.02. The smallest absolute Gasteiger partial charge is 0.243 e. The fourth-order valence-electron chi connectivity index (χ4n) is 4.53. The molecule has 4 N–H and O–H groups in total. The molecule has 3 rings (SSSR count). The Labute approximate surface area is 236 Å². The number of nitrogens with zero attached hydrogens (tertiary/aromatic N) is 3. The van der Waals surface area contributed by atoms with Crippen LogP contribution < -0.4 is 30.7 Å². The summed E-state index contributed by atoms with van der Waals surface area (Å²) in [6, 6.07) is 4.34. The van der Waals surface area contributed by atoms with Crippen LogP contribution in [0.1, 0.15) is 69.7 Å². The lowest BCUT2D eigenvalue weighted by atomic mass is 9.97. The Kier molecular flexibility index (Phi) is 11.7. The molecule has 1 aliphatic heterocycles. The molecule has 0 fully saturated rings. The second-order valence-electron chi connectivity index (χ2n) is 10.1. The maximum atomic E-state index is 13.4. The lowest BCUT2D eigenvalue weighted by Crippen LogP contribution is -2.51. The van der Waals surface area contributed by atoms with E-state index in [9.17, 15) is 14.4 Å². The summed E-state index contributed by atoms with van der Waals surface area (Å²) in [4.78, 5) is 43.5. The van der Waals surface area contributed by atoms with Crippen LogP contribution in [-0.4, -0.2) is 72.4 Å². The summed E-state index contributed by atoms with van der Waals surface area (Å²) in [5.74, 6) is 1.47. The van der Waals surface area contributed by atoms with E-state index in [0.717, 1.165) is 24.9 Å². The van der Waals surface area contributed by atoms with Gasteiger partial charge in [0.15, 0.2) is 17.3 Å². The minimum Gasteiger partial charge on any atom is -0.493 e. The first kappa shape index (κ1) is 30.9. The number of amides is 3. The van der Waals surface area contributed by atoms with Crippen molar-refractivity contribution < 1.29 is 23.9 Å². The van der Waals surface area contributed by atoms with Crippen LogP contribution in [0.2, 0.25) is 0 Å². The second-order valence-corrected chi connectivity index (χ2v) is 10.1. The average molecular weight is 558 g/mol. The summed E-state index contributed by atoms with van der Waals surface area (Å²) in [6.07, 6.45) is 2.86. The number of hydrogen-bond donors (Lipinski definition) is 4. The van der Waals surface area contributed by atoms with E-state index in [-0.39, 0.29) is 30.2 Å². The summed E-state index contributed by atoms with van der Waals surface area (Å²) in [5, 5.41) is 16.8. The highest BCUT2D eigenvalue weighted by Gasteiger charge is 2.29. The quantitative estimate of drug-likeness (QED) is 0.418. The number of aromatic nitrogens is 3. The van der Waals surface area contributed by atoms with Crippen LogP contribution in [-0.2, 0) is 27.3 Å². The van der Waals surface area contributed by atoms with Crippen LogP contribution in [0.4, 0.5) is 0 Å². The molecule has 12 nitrogen and oxygen atoms in total. The van der Waals surface area contributed by atoms with E-state index >= 15 is 0 Å². The molecular weight excluding hydrogens is 514 g/mol. The molecule has 1 aliphatic rings. The lowest BCUT2D eigenvalue weighted by Gasteiger charge is -2.25. The zero-order valence-corrected chi connectivity index (χ0v) is 24.2. The van der Waals surface area contributed by atoms with Gasteiger partial charge in [0.1, 0.15) is 18.4 Å². The zero-order valence-electron chi connectivity index (χ0n) is 24.2. The van der Waals surface area contributed by atoms with Crippen molar-refractivity contribution in [1.82, 2.24) is 36.0 Å². The van der Waals surface area contributed by atoms with Gasteiger partial charge < -0.3 is 30.7 Å². The molecule has 220 valence electrons. The minimum atomic E-state index is -0.683. The predicted molar refractivity (Wildman–Crippen MR) is 150 cm³/mol. The Hall–Kier alpha value is -3.67. The van der Waals surface area contributed by atoms with Gasteiger partial charge in [-0.3, -0.25) is 14.4 Å². The van der Waals surface area contributed by atoms with E-state index in [1.165, 1.54) is 4.68 Å². The van der Waals surface area contributed by atoms with Crippen molar-refractivity contribution in [3.63, 3.8) is 0 Å². The largest absolute Gasteiger partial charge is 0.493 e. The van der Waals surface area contributed by atoms with Gasteiger partial charge in [0, 0.05) is 19.4 Å². The molecule has 3 atom stereocenters. The Bertz CT molecular complexity index is 1150. The van der Waals surface area contributed by atoms with Crippen LogP contribution in [0.5, 0.6) is 11.5 Å². The maximum Gasteiger partial charge on any atom is 0.243 e. The van der Waals surface area contributed by atoms with Gasteiger partial charge in [0.05, 0.1) is 20.3 Å². The van der Waals surface area contributed by atoms with E-state index in [1.807, 2.05) is 32.0 Å². The van der Waals surface area contributed by atoms with Crippen molar-refractivity contribution >= 4 is 17.7 Å². The van der Waals surface area contributed by atoms with Gasteiger partial charge in [0.25, 0.3) is 0 Å². The lowest BCUT2D eigenvalue weighted by molar-refractivity contribution is -0.130. The van der Waals surface area contributed by atoms with Gasteiger partial charge in [-0.2, -0.15) is 5.10 Å². The van der Waals surface area contributed by atoms with Gasteiger partial charge in [-0.1, -0.05) is 26.3 Å². The molecule has 2 aromatic rings. The fourth-order valence-corrected chi connectivity index (χ4v) is 4.53. The summed E-state index contributed by atoms with van der Waals surface area (Å²) in [7, 11) is 3.15. The predicted octanol–water partition coefficient (Wildman–Crippen LogP) is 1.48. The number of carbonyl (C=O) groups excluding carboxylic acids is 3. The van der Waals surface area contributed by atoms with Crippen molar-refractivity contribution in [1.29, 1.82) is 0 Å². The molecule has 2 heterocycles. The summed E-state index contributed by atoms with van der Waals surface area (Å²) >= 11 is 0. The third kappa shape index (κ3) is 8.67. The van der Waals surface area contributed by atoms with E-state index < -0.39 is 12.1 Å². The number of benzene rings is 1. The van der Waals surface area contributed by atoms with Crippen molar-refractivity contribution in [2.24, 2.45) is 5.92 Å². The molecule has 0 radical (unpaired) electrons. The monoisotopic (exact) mass is 557 g/mol. The first-order valence-electron chi connectivity index (χ1n) is 14.0. The molecule has 0 aliphatic carbocycles. The maximum absolute atomic E-state index is 13.4. The van der Waals surface area contributed by atoms with Gasteiger partial charge in [-0.05, 0) is 56.5 Å². The molecule has 0 saturated heterocycles. The van der Waals surface area contributed by atoms with Crippen molar-refractivity contribution in [3.05, 3.63) is 35.4 Å².